The van der Waals surface area contributed by atoms with Gasteiger partial charge in [0, 0.05) is 16.8 Å². The first-order chi connectivity index (χ1) is 9.72. The van der Waals surface area contributed by atoms with E-state index >= 15 is 0 Å². The fourth-order valence-electron chi connectivity index (χ4n) is 1.70. The molecule has 0 bridgehead atoms. The Labute approximate surface area is 123 Å². The number of benzene rings is 1. The number of tetrazole rings is 1. The minimum absolute atomic E-state index is 0.329. The van der Waals surface area contributed by atoms with Crippen LogP contribution in [-0.2, 0) is 6.54 Å². The lowest BCUT2D eigenvalue weighted by molar-refractivity contribution is 0.629. The Bertz CT molecular complexity index is 712. The van der Waals surface area contributed by atoms with Crippen molar-refractivity contribution in [3.8, 4) is 5.69 Å². The zero-order valence-electron chi connectivity index (χ0n) is 10.1. The van der Waals surface area contributed by atoms with Gasteiger partial charge in [-0.2, -0.15) is 0 Å². The predicted octanol–water partition coefficient (Wildman–Crippen LogP) is 3.13. The molecular formula is C12H9ClFN5S. The van der Waals surface area contributed by atoms with Gasteiger partial charge >= 0.3 is 0 Å². The second-order valence-corrected chi connectivity index (χ2v) is 5.44. The number of rotatable bonds is 4. The summed E-state index contributed by atoms with van der Waals surface area (Å²) in [7, 11) is 0. The van der Waals surface area contributed by atoms with Gasteiger partial charge in [0.1, 0.15) is 12.1 Å². The van der Waals surface area contributed by atoms with E-state index in [1.165, 1.54) is 28.4 Å². The Balaban J connectivity index is 1.80. The molecule has 0 fully saturated rings. The number of hydrogen-bond donors (Lipinski definition) is 1. The summed E-state index contributed by atoms with van der Waals surface area (Å²) in [5.74, 6) is -0.329. The lowest BCUT2D eigenvalue weighted by atomic mass is 10.2. The Morgan fingerprint density at radius 3 is 2.95 bits per heavy atom. The maximum absolute atomic E-state index is 13.8. The third kappa shape index (κ3) is 2.78. The lowest BCUT2D eigenvalue weighted by Gasteiger charge is -2.08. The summed E-state index contributed by atoms with van der Waals surface area (Å²) in [6.07, 6.45) is 1.45. The molecule has 0 aliphatic rings. The first-order valence-corrected chi connectivity index (χ1v) is 6.98. The molecule has 0 atom stereocenters. The molecule has 0 radical (unpaired) electrons. The molecule has 1 N–H and O–H groups in total. The van der Waals surface area contributed by atoms with Crippen LogP contribution in [0.1, 0.15) is 4.88 Å². The van der Waals surface area contributed by atoms with E-state index in [1.54, 1.807) is 12.1 Å². The smallest absolute Gasteiger partial charge is 0.146 e. The Kier molecular flexibility index (Phi) is 3.62. The van der Waals surface area contributed by atoms with Gasteiger partial charge in [0.15, 0.2) is 0 Å². The van der Waals surface area contributed by atoms with Crippen molar-refractivity contribution in [3.05, 3.63) is 51.7 Å². The molecule has 0 unspecified atom stereocenters. The molecule has 3 aromatic rings. The minimum atomic E-state index is -0.329. The summed E-state index contributed by atoms with van der Waals surface area (Å²) >= 11 is 7.37. The monoisotopic (exact) mass is 309 g/mol. The maximum atomic E-state index is 13.8. The van der Waals surface area contributed by atoms with Crippen LogP contribution in [0.3, 0.4) is 0 Å². The fourth-order valence-corrected chi connectivity index (χ4v) is 2.71. The summed E-state index contributed by atoms with van der Waals surface area (Å²) in [6, 6.07) is 6.49. The fraction of sp³-hybridized carbons (Fsp3) is 0.0833. The highest BCUT2D eigenvalue weighted by atomic mass is 35.5. The van der Waals surface area contributed by atoms with Crippen molar-refractivity contribution in [2.45, 2.75) is 6.54 Å². The van der Waals surface area contributed by atoms with E-state index in [1.807, 2.05) is 11.4 Å². The van der Waals surface area contributed by atoms with Crippen LogP contribution in [-0.4, -0.2) is 20.2 Å². The number of hydrogen-bond acceptors (Lipinski definition) is 5. The molecule has 0 saturated heterocycles. The van der Waals surface area contributed by atoms with Gasteiger partial charge < -0.3 is 5.32 Å². The highest BCUT2D eigenvalue weighted by molar-refractivity contribution is 7.10. The number of nitrogens with one attached hydrogen (secondary N) is 1. The number of thiophene rings is 1. The van der Waals surface area contributed by atoms with Crippen molar-refractivity contribution in [1.82, 2.24) is 20.2 Å². The molecule has 20 heavy (non-hydrogen) atoms. The van der Waals surface area contributed by atoms with Gasteiger partial charge in [-0.15, -0.1) is 16.4 Å². The number of anilines is 1. The van der Waals surface area contributed by atoms with Gasteiger partial charge in [0.05, 0.1) is 16.4 Å². The Morgan fingerprint density at radius 1 is 1.35 bits per heavy atom. The van der Waals surface area contributed by atoms with Crippen LogP contribution in [0.15, 0.2) is 36.0 Å². The molecule has 2 aromatic heterocycles. The van der Waals surface area contributed by atoms with E-state index in [2.05, 4.69) is 20.8 Å². The summed E-state index contributed by atoms with van der Waals surface area (Å²) in [4.78, 5) is 1.03. The third-order valence-corrected chi connectivity index (χ3v) is 3.92. The molecule has 0 saturated carbocycles. The number of halogens is 2. The van der Waals surface area contributed by atoms with E-state index in [4.69, 9.17) is 11.6 Å². The van der Waals surface area contributed by atoms with Crippen LogP contribution >= 0.6 is 22.9 Å². The first kappa shape index (κ1) is 13.0. The standard InChI is InChI=1S/C12H9ClFN5S/c13-8-3-10(20-6-8)5-15-12-4-9(1-2-11(12)14)19-7-16-17-18-19/h1-4,6-7,15H,5H2. The molecule has 102 valence electrons. The largest absolute Gasteiger partial charge is 0.378 e. The highest BCUT2D eigenvalue weighted by Crippen LogP contribution is 2.22. The minimum Gasteiger partial charge on any atom is -0.378 e. The van der Waals surface area contributed by atoms with Crippen LogP contribution in [0.5, 0.6) is 0 Å². The van der Waals surface area contributed by atoms with Crippen LogP contribution in [0.2, 0.25) is 5.02 Å². The van der Waals surface area contributed by atoms with Gasteiger partial charge in [0.25, 0.3) is 0 Å². The summed E-state index contributed by atoms with van der Waals surface area (Å²) in [6.45, 7) is 0.507. The van der Waals surface area contributed by atoms with Gasteiger partial charge in [0.2, 0.25) is 0 Å². The maximum Gasteiger partial charge on any atom is 0.146 e. The van der Waals surface area contributed by atoms with Crippen LogP contribution in [0.4, 0.5) is 10.1 Å². The van der Waals surface area contributed by atoms with Gasteiger partial charge in [-0.05, 0) is 34.7 Å². The summed E-state index contributed by atoms with van der Waals surface area (Å²) < 4.78 is 15.2. The molecule has 1 aromatic carbocycles. The molecule has 0 amide bonds. The van der Waals surface area contributed by atoms with Crippen molar-refractivity contribution >= 4 is 28.6 Å². The molecule has 2 heterocycles. The van der Waals surface area contributed by atoms with Crippen molar-refractivity contribution in [1.29, 1.82) is 0 Å². The van der Waals surface area contributed by atoms with Gasteiger partial charge in [-0.3, -0.25) is 0 Å². The zero-order valence-corrected chi connectivity index (χ0v) is 11.7. The molecule has 3 rings (SSSR count). The van der Waals surface area contributed by atoms with E-state index in [-0.39, 0.29) is 5.82 Å². The van der Waals surface area contributed by atoms with E-state index in [0.717, 1.165) is 4.88 Å². The van der Waals surface area contributed by atoms with Crippen LogP contribution in [0.25, 0.3) is 5.69 Å². The van der Waals surface area contributed by atoms with Gasteiger partial charge in [-0.1, -0.05) is 11.6 Å². The highest BCUT2D eigenvalue weighted by Gasteiger charge is 2.06. The molecular weight excluding hydrogens is 301 g/mol. The topological polar surface area (TPSA) is 55.6 Å². The van der Waals surface area contributed by atoms with Crippen molar-refractivity contribution in [2.24, 2.45) is 0 Å². The van der Waals surface area contributed by atoms with E-state index in [9.17, 15) is 4.39 Å². The number of nitrogens with zero attached hydrogens (tertiary/aromatic N) is 4. The molecule has 5 nitrogen and oxygen atoms in total. The average Bonchev–Trinajstić information content (AvgIpc) is 3.09. The molecule has 8 heteroatoms. The second kappa shape index (κ2) is 5.56. The van der Waals surface area contributed by atoms with Crippen molar-refractivity contribution < 1.29 is 4.39 Å². The Hall–Kier alpha value is -1.99. The summed E-state index contributed by atoms with van der Waals surface area (Å²) in [5.41, 5.74) is 1.07. The molecule has 0 spiro atoms. The predicted molar refractivity (Wildman–Crippen MR) is 75.8 cm³/mol. The normalized spacial score (nSPS) is 10.7. The Morgan fingerprint density at radius 2 is 2.25 bits per heavy atom. The average molecular weight is 310 g/mol. The van der Waals surface area contributed by atoms with Gasteiger partial charge in [-0.25, -0.2) is 9.07 Å². The van der Waals surface area contributed by atoms with E-state index in [0.29, 0.717) is 22.9 Å². The SMILES string of the molecule is Fc1ccc(-n2cnnn2)cc1NCc1cc(Cl)cs1. The zero-order chi connectivity index (χ0) is 13.9. The van der Waals surface area contributed by atoms with Crippen molar-refractivity contribution in [2.75, 3.05) is 5.32 Å². The van der Waals surface area contributed by atoms with Crippen molar-refractivity contribution in [3.63, 3.8) is 0 Å². The quantitative estimate of drug-likeness (QED) is 0.804. The first-order valence-electron chi connectivity index (χ1n) is 5.72. The van der Waals surface area contributed by atoms with Crippen LogP contribution < -0.4 is 5.32 Å². The second-order valence-electron chi connectivity index (χ2n) is 4.00. The lowest BCUT2D eigenvalue weighted by Crippen LogP contribution is -2.02. The number of aromatic nitrogens is 4. The van der Waals surface area contributed by atoms with Crippen LogP contribution in [0, 0.1) is 5.82 Å². The third-order valence-electron chi connectivity index (χ3n) is 2.64. The molecule has 0 aliphatic heterocycles. The summed E-state index contributed by atoms with van der Waals surface area (Å²) in [5, 5.41) is 16.4. The van der Waals surface area contributed by atoms with E-state index < -0.39 is 0 Å². The molecule has 0 aliphatic carbocycles.